The summed E-state index contributed by atoms with van der Waals surface area (Å²) < 4.78 is 2.04. The van der Waals surface area contributed by atoms with Crippen molar-refractivity contribution in [2.45, 2.75) is 25.4 Å². The van der Waals surface area contributed by atoms with Gasteiger partial charge in [0.1, 0.15) is 11.5 Å². The summed E-state index contributed by atoms with van der Waals surface area (Å²) in [6.07, 6.45) is 7.60. The van der Waals surface area contributed by atoms with E-state index in [-0.39, 0.29) is 11.9 Å². The minimum Gasteiger partial charge on any atom is -0.337 e. The molecule has 0 aliphatic carbocycles. The maximum atomic E-state index is 12.4. The Morgan fingerprint density at radius 3 is 3.04 bits per heavy atom. The van der Waals surface area contributed by atoms with E-state index in [4.69, 9.17) is 0 Å². The van der Waals surface area contributed by atoms with Gasteiger partial charge in [-0.2, -0.15) is 0 Å². The van der Waals surface area contributed by atoms with Crippen LogP contribution in [0.15, 0.2) is 42.2 Å². The van der Waals surface area contributed by atoms with Crippen molar-refractivity contribution in [1.82, 2.24) is 24.4 Å². The van der Waals surface area contributed by atoms with E-state index in [1.54, 1.807) is 12.3 Å². The van der Waals surface area contributed by atoms with E-state index < -0.39 is 0 Å². The average Bonchev–Trinajstić information content (AvgIpc) is 3.39. The van der Waals surface area contributed by atoms with Gasteiger partial charge >= 0.3 is 0 Å². The number of nitrogens with one attached hydrogen (secondary N) is 1. The van der Waals surface area contributed by atoms with Gasteiger partial charge in [-0.3, -0.25) is 15.0 Å². The van der Waals surface area contributed by atoms with Gasteiger partial charge in [-0.25, -0.2) is 15.0 Å². The average molecular weight is 368 g/mol. The summed E-state index contributed by atoms with van der Waals surface area (Å²) in [6.45, 7) is 1.79. The summed E-state index contributed by atoms with van der Waals surface area (Å²) in [4.78, 5) is 28.0. The zero-order valence-corrected chi connectivity index (χ0v) is 15.3. The number of anilines is 1. The minimum absolute atomic E-state index is 0.208. The van der Waals surface area contributed by atoms with Crippen LogP contribution in [0, 0.1) is 0 Å². The standard InChI is InChI=1S/C18H20N6OS/c1-23-10-7-19-16(23)12-24-9-3-6-15(24)13-4-2-5-14(21-13)17(25)22-18-20-8-11-26-18/h2,4-5,7-8,10-11,15H,3,6,9,12H2,1H3,(H,20,22,25)/t15-/m1/s1. The number of aryl methyl sites for hydroxylation is 1. The van der Waals surface area contributed by atoms with Crippen LogP contribution >= 0.6 is 11.3 Å². The first-order valence-corrected chi connectivity index (χ1v) is 9.47. The Morgan fingerprint density at radius 2 is 2.27 bits per heavy atom. The lowest BCUT2D eigenvalue weighted by Gasteiger charge is -2.24. The molecular weight excluding hydrogens is 348 g/mol. The zero-order valence-electron chi connectivity index (χ0n) is 14.5. The molecule has 1 atom stereocenters. The monoisotopic (exact) mass is 368 g/mol. The number of hydrogen-bond acceptors (Lipinski definition) is 6. The second-order valence-corrected chi connectivity index (χ2v) is 7.22. The second kappa shape index (κ2) is 7.35. The molecule has 4 rings (SSSR count). The van der Waals surface area contributed by atoms with Gasteiger partial charge < -0.3 is 4.57 Å². The quantitative estimate of drug-likeness (QED) is 0.749. The molecular formula is C18H20N6OS. The molecule has 1 fully saturated rings. The van der Waals surface area contributed by atoms with E-state index in [0.717, 1.165) is 37.4 Å². The zero-order chi connectivity index (χ0) is 17.9. The summed E-state index contributed by atoms with van der Waals surface area (Å²) >= 11 is 1.39. The van der Waals surface area contributed by atoms with Gasteiger partial charge in [-0.1, -0.05) is 6.07 Å². The number of imidazole rings is 1. The van der Waals surface area contributed by atoms with Crippen LogP contribution in [0.4, 0.5) is 5.13 Å². The number of carbonyl (C=O) groups is 1. The number of likely N-dealkylation sites (tertiary alicyclic amines) is 1. The number of aromatic nitrogens is 4. The third-order valence-corrected chi connectivity index (χ3v) is 5.32. The van der Waals surface area contributed by atoms with Crippen molar-refractivity contribution < 1.29 is 4.79 Å². The molecule has 7 nitrogen and oxygen atoms in total. The Morgan fingerprint density at radius 1 is 1.35 bits per heavy atom. The number of carbonyl (C=O) groups excluding carboxylic acids is 1. The Hall–Kier alpha value is -2.58. The summed E-state index contributed by atoms with van der Waals surface area (Å²) in [5, 5.41) is 5.20. The van der Waals surface area contributed by atoms with E-state index >= 15 is 0 Å². The van der Waals surface area contributed by atoms with Crippen molar-refractivity contribution in [2.75, 3.05) is 11.9 Å². The third-order valence-electron chi connectivity index (χ3n) is 4.63. The molecule has 0 spiro atoms. The fourth-order valence-electron chi connectivity index (χ4n) is 3.29. The number of amides is 1. The predicted octanol–water partition coefficient (Wildman–Crippen LogP) is 2.86. The molecule has 1 amide bonds. The fourth-order valence-corrected chi connectivity index (χ4v) is 3.81. The summed E-state index contributed by atoms with van der Waals surface area (Å²) in [5.41, 5.74) is 1.35. The molecule has 1 aliphatic heterocycles. The maximum absolute atomic E-state index is 12.4. The normalized spacial score (nSPS) is 17.5. The first-order valence-electron chi connectivity index (χ1n) is 8.59. The number of thiazole rings is 1. The van der Waals surface area contributed by atoms with Gasteiger partial charge in [-0.15, -0.1) is 11.3 Å². The highest BCUT2D eigenvalue weighted by molar-refractivity contribution is 7.13. The number of rotatable bonds is 5. The lowest BCUT2D eigenvalue weighted by atomic mass is 10.1. The van der Waals surface area contributed by atoms with Gasteiger partial charge in [0, 0.05) is 31.0 Å². The van der Waals surface area contributed by atoms with Crippen molar-refractivity contribution in [3.8, 4) is 0 Å². The van der Waals surface area contributed by atoms with Crippen molar-refractivity contribution in [3.63, 3.8) is 0 Å². The summed E-state index contributed by atoms with van der Waals surface area (Å²) in [7, 11) is 2.01. The molecule has 1 N–H and O–H groups in total. The van der Waals surface area contributed by atoms with E-state index in [2.05, 4.69) is 25.2 Å². The highest BCUT2D eigenvalue weighted by atomic mass is 32.1. The van der Waals surface area contributed by atoms with Crippen molar-refractivity contribution in [2.24, 2.45) is 7.05 Å². The lowest BCUT2D eigenvalue weighted by molar-refractivity contribution is 0.102. The van der Waals surface area contributed by atoms with E-state index in [1.807, 2.05) is 41.5 Å². The van der Waals surface area contributed by atoms with Gasteiger partial charge in [0.05, 0.1) is 18.3 Å². The summed E-state index contributed by atoms with van der Waals surface area (Å²) in [6, 6.07) is 5.85. The maximum Gasteiger partial charge on any atom is 0.276 e. The first kappa shape index (κ1) is 16.9. The summed E-state index contributed by atoms with van der Waals surface area (Å²) in [5.74, 6) is 0.810. The number of hydrogen-bond donors (Lipinski definition) is 1. The molecule has 3 aromatic heterocycles. The largest absolute Gasteiger partial charge is 0.337 e. The Balaban J connectivity index is 1.51. The third kappa shape index (κ3) is 3.51. The van der Waals surface area contributed by atoms with Crippen molar-refractivity contribution >= 4 is 22.4 Å². The molecule has 3 aromatic rings. The Labute approximate surface area is 155 Å². The van der Waals surface area contributed by atoms with Gasteiger partial charge in [0.2, 0.25) is 0 Å². The molecule has 1 aliphatic rings. The molecule has 0 saturated carbocycles. The number of nitrogens with zero attached hydrogens (tertiary/aromatic N) is 5. The molecule has 134 valence electrons. The van der Waals surface area contributed by atoms with Gasteiger partial charge in [0.25, 0.3) is 5.91 Å². The highest BCUT2D eigenvalue weighted by Gasteiger charge is 2.28. The van der Waals surface area contributed by atoms with E-state index in [0.29, 0.717) is 10.8 Å². The molecule has 1 saturated heterocycles. The molecule has 0 radical (unpaired) electrons. The smallest absolute Gasteiger partial charge is 0.276 e. The highest BCUT2D eigenvalue weighted by Crippen LogP contribution is 2.32. The van der Waals surface area contributed by atoms with Crippen LogP contribution in [0.3, 0.4) is 0 Å². The van der Waals surface area contributed by atoms with Crippen LogP contribution in [0.5, 0.6) is 0 Å². The molecule has 0 bridgehead atoms. The first-order chi connectivity index (χ1) is 12.7. The van der Waals surface area contributed by atoms with Crippen LogP contribution in [-0.2, 0) is 13.6 Å². The van der Waals surface area contributed by atoms with Crippen LogP contribution in [0.2, 0.25) is 0 Å². The molecule has 26 heavy (non-hydrogen) atoms. The van der Waals surface area contributed by atoms with Crippen LogP contribution in [0.1, 0.15) is 40.9 Å². The molecule has 0 aromatic carbocycles. The Bertz CT molecular complexity index is 891. The van der Waals surface area contributed by atoms with Crippen molar-refractivity contribution in [1.29, 1.82) is 0 Å². The fraction of sp³-hybridized carbons (Fsp3) is 0.333. The second-order valence-electron chi connectivity index (χ2n) is 6.32. The Kier molecular flexibility index (Phi) is 4.77. The van der Waals surface area contributed by atoms with Crippen molar-refractivity contribution in [3.05, 3.63) is 59.4 Å². The SMILES string of the molecule is Cn1ccnc1CN1CCC[C@@H]1c1cccc(C(=O)Nc2nccs2)n1. The van der Waals surface area contributed by atoms with E-state index in [1.165, 1.54) is 11.3 Å². The van der Waals surface area contributed by atoms with Crippen LogP contribution < -0.4 is 5.32 Å². The van der Waals surface area contributed by atoms with Gasteiger partial charge in [0.15, 0.2) is 5.13 Å². The number of pyridine rings is 1. The van der Waals surface area contributed by atoms with Gasteiger partial charge in [-0.05, 0) is 31.5 Å². The topological polar surface area (TPSA) is 75.9 Å². The van der Waals surface area contributed by atoms with E-state index in [9.17, 15) is 4.79 Å². The predicted molar refractivity (Wildman–Crippen MR) is 99.9 cm³/mol. The van der Waals surface area contributed by atoms with Crippen LogP contribution in [-0.4, -0.2) is 36.9 Å². The minimum atomic E-state index is -0.226. The molecule has 0 unspecified atom stereocenters. The van der Waals surface area contributed by atoms with Crippen LogP contribution in [0.25, 0.3) is 0 Å². The molecule has 8 heteroatoms. The lowest BCUT2D eigenvalue weighted by Crippen LogP contribution is -2.25. The molecule has 4 heterocycles.